The molecule has 0 saturated carbocycles. The van der Waals surface area contributed by atoms with Crippen LogP contribution >= 0.6 is 0 Å². The zero-order valence-electron chi connectivity index (χ0n) is 23.3. The van der Waals surface area contributed by atoms with Gasteiger partial charge in [0, 0.05) is 32.1 Å². The van der Waals surface area contributed by atoms with Crippen molar-refractivity contribution in [3.05, 3.63) is 114 Å². The SMILES string of the molecule is [2H]C([2H])([2H])c1c[n+](C)c(-c2c(C)ccc3oc4c(-c5cccc(-c6ccccc6)c5)c(C#N)ccc4c23)cc1F. The van der Waals surface area contributed by atoms with Crippen LogP contribution in [0.3, 0.4) is 0 Å². The van der Waals surface area contributed by atoms with Crippen LogP contribution in [0.1, 0.15) is 20.8 Å². The number of benzene rings is 4. The minimum absolute atomic E-state index is 0.333. The van der Waals surface area contributed by atoms with Gasteiger partial charge in [-0.25, -0.2) is 8.96 Å². The van der Waals surface area contributed by atoms with Crippen LogP contribution in [0.2, 0.25) is 0 Å². The Bertz CT molecular complexity index is 1990. The van der Waals surface area contributed by atoms with E-state index in [4.69, 9.17) is 8.53 Å². The quantitative estimate of drug-likeness (QED) is 0.238. The molecular weight excluding hydrogens is 459 g/mol. The third-order valence-corrected chi connectivity index (χ3v) is 6.87. The van der Waals surface area contributed by atoms with E-state index in [1.807, 2.05) is 79.7 Å². The molecule has 0 saturated heterocycles. The van der Waals surface area contributed by atoms with E-state index in [2.05, 4.69) is 6.07 Å². The number of nitriles is 1. The van der Waals surface area contributed by atoms with Crippen LogP contribution in [0.4, 0.5) is 4.39 Å². The molecule has 0 N–H and O–H groups in total. The number of furan rings is 1. The van der Waals surface area contributed by atoms with Gasteiger partial charge in [-0.3, -0.25) is 0 Å². The molecule has 6 aromatic rings. The molecule has 4 aromatic carbocycles. The number of rotatable bonds is 3. The average Bonchev–Trinajstić information content (AvgIpc) is 3.32. The van der Waals surface area contributed by atoms with E-state index in [0.717, 1.165) is 38.6 Å². The van der Waals surface area contributed by atoms with Crippen molar-refractivity contribution < 1.29 is 17.5 Å². The van der Waals surface area contributed by atoms with Crippen LogP contribution in [0.5, 0.6) is 0 Å². The molecule has 0 spiro atoms. The number of hydrogen-bond donors (Lipinski definition) is 0. The van der Waals surface area contributed by atoms with Crippen LogP contribution in [-0.2, 0) is 7.05 Å². The van der Waals surface area contributed by atoms with Gasteiger partial charge in [-0.15, -0.1) is 0 Å². The van der Waals surface area contributed by atoms with Crippen molar-refractivity contribution in [1.29, 1.82) is 5.26 Å². The van der Waals surface area contributed by atoms with E-state index in [0.29, 0.717) is 28.0 Å². The van der Waals surface area contributed by atoms with E-state index >= 15 is 4.39 Å². The van der Waals surface area contributed by atoms with Crippen molar-refractivity contribution in [2.45, 2.75) is 13.8 Å². The summed E-state index contributed by atoms with van der Waals surface area (Å²) in [6.45, 7) is -0.641. The van der Waals surface area contributed by atoms with Gasteiger partial charge in [-0.2, -0.15) is 5.26 Å². The Morgan fingerprint density at radius 3 is 2.43 bits per heavy atom. The average molecular weight is 487 g/mol. The Morgan fingerprint density at radius 2 is 1.65 bits per heavy atom. The lowest BCUT2D eigenvalue weighted by Gasteiger charge is -2.09. The van der Waals surface area contributed by atoms with Crippen molar-refractivity contribution in [3.8, 4) is 39.6 Å². The fourth-order valence-corrected chi connectivity index (χ4v) is 5.10. The molecule has 0 unspecified atom stereocenters. The standard InChI is InChI=1S/C33H24FN2O/c1-20-12-15-29-32(30(20)28-17-27(34)21(2)19-36(28)3)26-14-13-25(18-35)31(33(26)37-29)24-11-7-10-23(16-24)22-8-5-4-6-9-22/h4-17,19H,1-3H3/q+1/i2D3. The molecule has 0 aliphatic rings. The van der Waals surface area contributed by atoms with Gasteiger partial charge in [0.15, 0.2) is 6.20 Å². The molecule has 37 heavy (non-hydrogen) atoms. The molecule has 0 aliphatic carbocycles. The molecule has 0 amide bonds. The molecule has 4 heteroatoms. The molecule has 0 atom stereocenters. The van der Waals surface area contributed by atoms with Crippen molar-refractivity contribution >= 4 is 21.9 Å². The van der Waals surface area contributed by atoms with E-state index in [9.17, 15) is 5.26 Å². The van der Waals surface area contributed by atoms with Crippen molar-refractivity contribution in [1.82, 2.24) is 0 Å². The monoisotopic (exact) mass is 486 g/mol. The van der Waals surface area contributed by atoms with Gasteiger partial charge in [0.05, 0.1) is 17.2 Å². The second-order valence-electron chi connectivity index (χ2n) is 9.19. The topological polar surface area (TPSA) is 40.8 Å². The van der Waals surface area contributed by atoms with E-state index < -0.39 is 12.7 Å². The number of hydrogen-bond acceptors (Lipinski definition) is 2. The summed E-state index contributed by atoms with van der Waals surface area (Å²) in [5.41, 5.74) is 7.05. The summed E-state index contributed by atoms with van der Waals surface area (Å²) < 4.78 is 46.3. The first-order valence-corrected chi connectivity index (χ1v) is 11.9. The lowest BCUT2D eigenvalue weighted by molar-refractivity contribution is -0.660. The lowest BCUT2D eigenvalue weighted by atomic mass is 9.92. The first-order valence-electron chi connectivity index (χ1n) is 13.4. The lowest BCUT2D eigenvalue weighted by Crippen LogP contribution is -2.31. The first-order chi connectivity index (χ1) is 19.2. The molecule has 0 fully saturated rings. The predicted molar refractivity (Wildman–Crippen MR) is 145 cm³/mol. The van der Waals surface area contributed by atoms with E-state index in [-0.39, 0.29) is 5.56 Å². The third-order valence-electron chi connectivity index (χ3n) is 6.87. The van der Waals surface area contributed by atoms with Gasteiger partial charge < -0.3 is 4.42 Å². The normalized spacial score (nSPS) is 12.8. The van der Waals surface area contributed by atoms with Gasteiger partial charge in [0.2, 0.25) is 5.69 Å². The fourth-order valence-electron chi connectivity index (χ4n) is 5.10. The molecule has 2 heterocycles. The van der Waals surface area contributed by atoms with Crippen molar-refractivity contribution in [3.63, 3.8) is 0 Å². The number of fused-ring (bicyclic) bond motifs is 3. The summed E-state index contributed by atoms with van der Waals surface area (Å²) in [5.74, 6) is -0.789. The highest BCUT2D eigenvalue weighted by Gasteiger charge is 2.24. The van der Waals surface area contributed by atoms with Gasteiger partial charge in [0.1, 0.15) is 24.0 Å². The molecule has 6 rings (SSSR count). The van der Waals surface area contributed by atoms with Crippen LogP contribution in [-0.4, -0.2) is 0 Å². The van der Waals surface area contributed by atoms with Crippen molar-refractivity contribution in [2.24, 2.45) is 7.05 Å². The Hall–Kier alpha value is -4.75. The van der Waals surface area contributed by atoms with Gasteiger partial charge in [0.25, 0.3) is 0 Å². The maximum absolute atomic E-state index is 15.1. The summed E-state index contributed by atoms with van der Waals surface area (Å²) in [5, 5.41) is 11.6. The van der Waals surface area contributed by atoms with Gasteiger partial charge >= 0.3 is 0 Å². The molecule has 0 aliphatic heterocycles. The molecule has 0 bridgehead atoms. The molecule has 0 radical (unpaired) electrons. The highest BCUT2D eigenvalue weighted by molar-refractivity contribution is 6.16. The highest BCUT2D eigenvalue weighted by Crippen LogP contribution is 2.43. The number of aryl methyl sites for hydroxylation is 3. The second-order valence-corrected chi connectivity index (χ2v) is 9.19. The zero-order chi connectivity index (χ0) is 28.2. The summed E-state index contributed by atoms with van der Waals surface area (Å²) in [7, 11) is 1.71. The molecular formula is C33H24FN2O+. The maximum atomic E-state index is 15.1. The van der Waals surface area contributed by atoms with Crippen LogP contribution in [0.15, 0.2) is 95.5 Å². The number of pyridine rings is 1. The maximum Gasteiger partial charge on any atom is 0.216 e. The third kappa shape index (κ3) is 3.68. The van der Waals surface area contributed by atoms with Gasteiger partial charge in [-0.05, 0) is 60.3 Å². The summed E-state index contributed by atoms with van der Waals surface area (Å²) in [4.78, 5) is 0. The van der Waals surface area contributed by atoms with Crippen LogP contribution in [0, 0.1) is 30.9 Å². The number of halogens is 1. The summed E-state index contributed by atoms with van der Waals surface area (Å²) >= 11 is 0. The molecule has 3 nitrogen and oxygen atoms in total. The summed E-state index contributed by atoms with van der Waals surface area (Å²) in [6, 6.07) is 29.0. The molecule has 2 aromatic heterocycles. The largest absolute Gasteiger partial charge is 0.455 e. The summed E-state index contributed by atoms with van der Waals surface area (Å²) in [6.07, 6.45) is 1.33. The number of aromatic nitrogens is 1. The first kappa shape index (κ1) is 19.4. The zero-order valence-corrected chi connectivity index (χ0v) is 20.3. The minimum atomic E-state index is -2.57. The van der Waals surface area contributed by atoms with Crippen LogP contribution < -0.4 is 4.57 Å². The number of nitrogens with zero attached hydrogens (tertiary/aromatic N) is 2. The predicted octanol–water partition coefficient (Wildman–Crippen LogP) is 8.04. The van der Waals surface area contributed by atoms with Crippen molar-refractivity contribution in [2.75, 3.05) is 0 Å². The van der Waals surface area contributed by atoms with Gasteiger partial charge in [-0.1, -0.05) is 54.6 Å². The Kier molecular flexibility index (Phi) is 4.58. The minimum Gasteiger partial charge on any atom is -0.455 e. The highest BCUT2D eigenvalue weighted by atomic mass is 19.1. The molecule has 178 valence electrons. The fraction of sp³-hybridized carbons (Fsp3) is 0.0909. The Balaban J connectivity index is 1.64. The van der Waals surface area contributed by atoms with E-state index in [1.165, 1.54) is 12.3 Å². The smallest absolute Gasteiger partial charge is 0.216 e. The second kappa shape index (κ2) is 8.72. The van der Waals surface area contributed by atoms with Crippen LogP contribution in [0.25, 0.3) is 55.4 Å². The Labute approximate surface area is 218 Å². The Morgan fingerprint density at radius 1 is 0.865 bits per heavy atom. The van der Waals surface area contributed by atoms with E-state index in [1.54, 1.807) is 17.7 Å².